The van der Waals surface area contributed by atoms with E-state index in [9.17, 15) is 0 Å². The van der Waals surface area contributed by atoms with Crippen LogP contribution in [0.5, 0.6) is 0 Å². The standard InChI is InChI=1S/C13H19N5O/c1-3-9-10(14)11(18(2)17-9)13-16-15-12(19-13)8-6-4-5-7-8/h8H,3-7,14H2,1-2H3. The Kier molecular flexibility index (Phi) is 3.00. The predicted octanol–water partition coefficient (Wildman–Crippen LogP) is 2.27. The van der Waals surface area contributed by atoms with Crippen molar-refractivity contribution >= 4 is 5.69 Å². The number of nitrogens with zero attached hydrogens (tertiary/aromatic N) is 4. The van der Waals surface area contributed by atoms with Crippen LogP contribution >= 0.6 is 0 Å². The Morgan fingerprint density at radius 2 is 2.05 bits per heavy atom. The lowest BCUT2D eigenvalue weighted by Crippen LogP contribution is -1.95. The summed E-state index contributed by atoms with van der Waals surface area (Å²) in [4.78, 5) is 0. The molecule has 0 amide bonds. The van der Waals surface area contributed by atoms with Crippen molar-refractivity contribution in [1.29, 1.82) is 0 Å². The van der Waals surface area contributed by atoms with Gasteiger partial charge in [0.05, 0.1) is 11.4 Å². The lowest BCUT2D eigenvalue weighted by Gasteiger charge is -2.01. The van der Waals surface area contributed by atoms with Crippen LogP contribution in [0.15, 0.2) is 4.42 Å². The van der Waals surface area contributed by atoms with Crippen molar-refractivity contribution < 1.29 is 4.42 Å². The minimum atomic E-state index is 0.418. The number of rotatable bonds is 3. The molecule has 2 aromatic rings. The minimum absolute atomic E-state index is 0.418. The average molecular weight is 261 g/mol. The van der Waals surface area contributed by atoms with Gasteiger partial charge in [-0.1, -0.05) is 19.8 Å². The molecule has 0 spiro atoms. The number of hydrogen-bond donors (Lipinski definition) is 1. The maximum atomic E-state index is 6.10. The van der Waals surface area contributed by atoms with Gasteiger partial charge < -0.3 is 10.2 Å². The van der Waals surface area contributed by atoms with Crippen molar-refractivity contribution in [3.63, 3.8) is 0 Å². The minimum Gasteiger partial charge on any atom is -0.419 e. The molecule has 19 heavy (non-hydrogen) atoms. The fourth-order valence-electron chi connectivity index (χ4n) is 2.78. The summed E-state index contributed by atoms with van der Waals surface area (Å²) in [5, 5.41) is 12.7. The second-order valence-corrected chi connectivity index (χ2v) is 5.11. The van der Waals surface area contributed by atoms with Gasteiger partial charge in [0.2, 0.25) is 5.89 Å². The molecule has 1 saturated carbocycles. The quantitative estimate of drug-likeness (QED) is 0.916. The Balaban J connectivity index is 1.96. The lowest BCUT2D eigenvalue weighted by molar-refractivity contribution is 0.454. The molecule has 3 rings (SSSR count). The Morgan fingerprint density at radius 1 is 1.32 bits per heavy atom. The molecule has 2 aromatic heterocycles. The fraction of sp³-hybridized carbons (Fsp3) is 0.615. The topological polar surface area (TPSA) is 82.8 Å². The van der Waals surface area contributed by atoms with E-state index in [1.165, 1.54) is 12.8 Å². The van der Waals surface area contributed by atoms with E-state index in [-0.39, 0.29) is 0 Å². The van der Waals surface area contributed by atoms with E-state index >= 15 is 0 Å². The van der Waals surface area contributed by atoms with E-state index in [2.05, 4.69) is 15.3 Å². The molecule has 2 heterocycles. The maximum absolute atomic E-state index is 6.10. The van der Waals surface area contributed by atoms with Crippen LogP contribution in [-0.4, -0.2) is 20.0 Å². The SMILES string of the molecule is CCc1nn(C)c(-c2nnc(C3CCCC3)o2)c1N. The first-order valence-corrected chi connectivity index (χ1v) is 6.85. The van der Waals surface area contributed by atoms with E-state index in [1.54, 1.807) is 4.68 Å². The summed E-state index contributed by atoms with van der Waals surface area (Å²) in [5.74, 6) is 1.64. The Morgan fingerprint density at radius 3 is 2.68 bits per heavy atom. The number of nitrogens with two attached hydrogens (primary N) is 1. The highest BCUT2D eigenvalue weighted by Gasteiger charge is 2.25. The summed E-state index contributed by atoms with van der Waals surface area (Å²) in [5.41, 5.74) is 8.35. The van der Waals surface area contributed by atoms with Crippen molar-refractivity contribution in [2.75, 3.05) is 5.73 Å². The number of nitrogen functional groups attached to an aromatic ring is 1. The summed E-state index contributed by atoms with van der Waals surface area (Å²) >= 11 is 0. The summed E-state index contributed by atoms with van der Waals surface area (Å²) in [6.07, 6.45) is 5.57. The molecule has 102 valence electrons. The van der Waals surface area contributed by atoms with Crippen LogP contribution in [0.2, 0.25) is 0 Å². The predicted molar refractivity (Wildman–Crippen MR) is 71.5 cm³/mol. The second-order valence-electron chi connectivity index (χ2n) is 5.11. The molecule has 0 aromatic carbocycles. The molecule has 0 saturated heterocycles. The van der Waals surface area contributed by atoms with E-state index in [0.717, 1.165) is 36.5 Å². The molecule has 0 unspecified atom stereocenters. The first-order chi connectivity index (χ1) is 9.20. The van der Waals surface area contributed by atoms with Gasteiger partial charge in [-0.15, -0.1) is 10.2 Å². The molecule has 1 aliphatic rings. The highest BCUT2D eigenvalue weighted by molar-refractivity contribution is 5.68. The zero-order valence-electron chi connectivity index (χ0n) is 11.4. The van der Waals surface area contributed by atoms with E-state index < -0.39 is 0 Å². The third-order valence-electron chi connectivity index (χ3n) is 3.84. The largest absolute Gasteiger partial charge is 0.419 e. The Bertz CT molecular complexity index is 580. The fourth-order valence-corrected chi connectivity index (χ4v) is 2.78. The van der Waals surface area contributed by atoms with Crippen molar-refractivity contribution in [2.45, 2.75) is 44.9 Å². The van der Waals surface area contributed by atoms with Crippen LogP contribution < -0.4 is 5.73 Å². The van der Waals surface area contributed by atoms with Crippen LogP contribution in [0.3, 0.4) is 0 Å². The number of aryl methyl sites for hydroxylation is 2. The highest BCUT2D eigenvalue weighted by atomic mass is 16.4. The van der Waals surface area contributed by atoms with Crippen LogP contribution in [0.1, 0.15) is 50.1 Å². The number of aromatic nitrogens is 4. The molecule has 0 radical (unpaired) electrons. The first-order valence-electron chi connectivity index (χ1n) is 6.85. The highest BCUT2D eigenvalue weighted by Crippen LogP contribution is 2.35. The molecular formula is C13H19N5O. The Labute approximate surface area is 112 Å². The van der Waals surface area contributed by atoms with Crippen LogP contribution in [0, 0.1) is 0 Å². The van der Waals surface area contributed by atoms with Gasteiger partial charge in [0, 0.05) is 13.0 Å². The number of hydrogen-bond acceptors (Lipinski definition) is 5. The molecule has 6 nitrogen and oxygen atoms in total. The normalized spacial score (nSPS) is 16.3. The van der Waals surface area contributed by atoms with Gasteiger partial charge in [0.25, 0.3) is 5.89 Å². The molecular weight excluding hydrogens is 242 g/mol. The van der Waals surface area contributed by atoms with Crippen LogP contribution in [0.4, 0.5) is 5.69 Å². The molecule has 6 heteroatoms. The van der Waals surface area contributed by atoms with Crippen molar-refractivity contribution in [3.8, 4) is 11.6 Å². The Hall–Kier alpha value is -1.85. The van der Waals surface area contributed by atoms with Crippen molar-refractivity contribution in [2.24, 2.45) is 7.05 Å². The van der Waals surface area contributed by atoms with Gasteiger partial charge in [0.1, 0.15) is 5.69 Å². The van der Waals surface area contributed by atoms with Crippen molar-refractivity contribution in [3.05, 3.63) is 11.6 Å². The van der Waals surface area contributed by atoms with Gasteiger partial charge >= 0.3 is 0 Å². The van der Waals surface area contributed by atoms with Gasteiger partial charge in [-0.05, 0) is 19.3 Å². The summed E-state index contributed by atoms with van der Waals surface area (Å²) < 4.78 is 7.53. The zero-order valence-corrected chi connectivity index (χ0v) is 11.4. The summed E-state index contributed by atoms with van der Waals surface area (Å²) in [6, 6.07) is 0. The summed E-state index contributed by atoms with van der Waals surface area (Å²) in [6.45, 7) is 2.03. The van der Waals surface area contributed by atoms with Gasteiger partial charge in [-0.3, -0.25) is 4.68 Å². The number of anilines is 1. The average Bonchev–Trinajstić information content (AvgIpc) is 3.08. The van der Waals surface area contributed by atoms with Crippen LogP contribution in [-0.2, 0) is 13.5 Å². The maximum Gasteiger partial charge on any atom is 0.268 e. The monoisotopic (exact) mass is 261 g/mol. The van der Waals surface area contributed by atoms with E-state index in [4.69, 9.17) is 10.2 Å². The summed E-state index contributed by atoms with van der Waals surface area (Å²) in [7, 11) is 1.85. The smallest absolute Gasteiger partial charge is 0.268 e. The molecule has 2 N–H and O–H groups in total. The second kappa shape index (κ2) is 4.68. The van der Waals surface area contributed by atoms with E-state index in [0.29, 0.717) is 17.5 Å². The lowest BCUT2D eigenvalue weighted by atomic mass is 10.1. The van der Waals surface area contributed by atoms with Gasteiger partial charge in [0.15, 0.2) is 0 Å². The molecule has 0 bridgehead atoms. The van der Waals surface area contributed by atoms with E-state index in [1.807, 2.05) is 14.0 Å². The molecule has 1 aliphatic carbocycles. The van der Waals surface area contributed by atoms with Crippen molar-refractivity contribution in [1.82, 2.24) is 20.0 Å². The molecule has 1 fully saturated rings. The van der Waals surface area contributed by atoms with Gasteiger partial charge in [-0.2, -0.15) is 5.10 Å². The van der Waals surface area contributed by atoms with Gasteiger partial charge in [-0.25, -0.2) is 0 Å². The first kappa shape index (κ1) is 12.2. The van der Waals surface area contributed by atoms with Crippen LogP contribution in [0.25, 0.3) is 11.6 Å². The molecule has 0 aliphatic heterocycles. The molecule has 0 atom stereocenters. The zero-order chi connectivity index (χ0) is 13.4. The third kappa shape index (κ3) is 2.01. The third-order valence-corrected chi connectivity index (χ3v) is 3.84.